The quantitative estimate of drug-likeness (QED) is 0.261. The van der Waals surface area contributed by atoms with Gasteiger partial charge in [-0.1, -0.05) is 41.6 Å². The van der Waals surface area contributed by atoms with Gasteiger partial charge < -0.3 is 9.26 Å². The number of aromatic amines is 1. The average molecular weight is 528 g/mol. The molecule has 3 aromatic carbocycles. The van der Waals surface area contributed by atoms with Crippen LogP contribution in [0.5, 0.6) is 5.75 Å². The monoisotopic (exact) mass is 527 g/mol. The molecule has 0 atom stereocenters. The van der Waals surface area contributed by atoms with Gasteiger partial charge in [0.05, 0.1) is 29.3 Å². The molecule has 0 saturated carbocycles. The number of hydrogen-bond acceptors (Lipinski definition) is 5. The number of methoxy groups -OCH3 is 1. The van der Waals surface area contributed by atoms with Crippen LogP contribution in [0.1, 0.15) is 17.3 Å². The average Bonchev–Trinajstić information content (AvgIpc) is 3.68. The number of hydrogen-bond donors (Lipinski definition) is 1. The molecule has 0 aliphatic rings. The number of para-hydroxylation sites is 2. The van der Waals surface area contributed by atoms with E-state index in [1.807, 2.05) is 63.5 Å². The third kappa shape index (κ3) is 3.68. The number of nitrogens with zero attached hydrogens (tertiary/aromatic N) is 5. The second-order valence-electron chi connectivity index (χ2n) is 9.82. The van der Waals surface area contributed by atoms with Crippen LogP contribution in [0.3, 0.4) is 0 Å². The van der Waals surface area contributed by atoms with E-state index in [0.717, 1.165) is 73.0 Å². The minimum Gasteiger partial charge on any atom is -0.496 e. The topological polar surface area (TPSA) is 85.6 Å². The van der Waals surface area contributed by atoms with Gasteiger partial charge in [-0.2, -0.15) is 0 Å². The smallest absolute Gasteiger partial charge is 0.247 e. The Kier molecular flexibility index (Phi) is 5.48. The van der Waals surface area contributed by atoms with E-state index in [0.29, 0.717) is 5.82 Å². The van der Waals surface area contributed by atoms with Crippen LogP contribution in [-0.2, 0) is 0 Å². The molecule has 8 nitrogen and oxygen atoms in total. The van der Waals surface area contributed by atoms with Gasteiger partial charge in [0.25, 0.3) is 0 Å². The number of rotatable bonds is 5. The van der Waals surface area contributed by atoms with Crippen LogP contribution >= 0.6 is 0 Å². The van der Waals surface area contributed by atoms with Crippen molar-refractivity contribution < 1.29 is 13.8 Å². The van der Waals surface area contributed by atoms with Crippen LogP contribution in [0.15, 0.2) is 89.8 Å². The van der Waals surface area contributed by atoms with E-state index >= 15 is 0 Å². The highest BCUT2D eigenvalue weighted by atomic mass is 16.5. The summed E-state index contributed by atoms with van der Waals surface area (Å²) in [6.07, 6.45) is 4.01. The molecule has 0 aliphatic carbocycles. The normalized spacial score (nSPS) is 11.5. The van der Waals surface area contributed by atoms with E-state index in [1.165, 1.54) is 0 Å². The van der Waals surface area contributed by atoms with Crippen LogP contribution in [0, 0.1) is 20.8 Å². The summed E-state index contributed by atoms with van der Waals surface area (Å²) in [7, 11) is 1.69. The fourth-order valence-corrected chi connectivity index (χ4v) is 5.53. The largest absolute Gasteiger partial charge is 0.496 e. The second-order valence-corrected chi connectivity index (χ2v) is 9.82. The Morgan fingerprint density at radius 2 is 1.68 bits per heavy atom. The molecule has 4 aromatic heterocycles. The minimum atomic E-state index is 0.682. The zero-order valence-electron chi connectivity index (χ0n) is 22.6. The molecule has 0 bridgehead atoms. The van der Waals surface area contributed by atoms with Gasteiger partial charge in [0.15, 0.2) is 5.69 Å². The van der Waals surface area contributed by atoms with Gasteiger partial charge in [0.1, 0.15) is 40.6 Å². The molecule has 4 heterocycles. The number of fused-ring (bicyclic) bond motifs is 3. The predicted octanol–water partition coefficient (Wildman–Crippen LogP) is 6.43. The Hall–Kier alpha value is -5.24. The second kappa shape index (κ2) is 9.20. The lowest BCUT2D eigenvalue weighted by molar-refractivity contribution is -0.593. The summed E-state index contributed by atoms with van der Waals surface area (Å²) in [5.74, 6) is 2.15. The first kappa shape index (κ1) is 23.8. The molecular formula is C32H27N6O2+. The first-order chi connectivity index (χ1) is 19.5. The van der Waals surface area contributed by atoms with Crippen molar-refractivity contribution in [2.75, 3.05) is 7.11 Å². The Morgan fingerprint density at radius 1 is 0.925 bits per heavy atom. The molecule has 0 fully saturated rings. The summed E-state index contributed by atoms with van der Waals surface area (Å²) in [6, 6.07) is 24.7. The van der Waals surface area contributed by atoms with Crippen molar-refractivity contribution in [3.8, 4) is 39.6 Å². The number of nitrogens with one attached hydrogen (secondary N) is 1. The first-order valence-electron chi connectivity index (χ1n) is 13.1. The van der Waals surface area contributed by atoms with Crippen molar-refractivity contribution in [2.24, 2.45) is 0 Å². The third-order valence-electron chi connectivity index (χ3n) is 7.30. The highest BCUT2D eigenvalue weighted by Gasteiger charge is 2.25. The van der Waals surface area contributed by atoms with Gasteiger partial charge in [0, 0.05) is 16.6 Å². The SMILES string of the molecule is COc1cc2c3c(-c4c[n+](-c5ccccc5)c[nH]4)nc(C)nc3n(-c3ccccc3)c2cc1-c1c(C)noc1C. The number of imidazole rings is 1. The minimum absolute atomic E-state index is 0.682. The predicted molar refractivity (Wildman–Crippen MR) is 154 cm³/mol. The maximum absolute atomic E-state index is 5.95. The van der Waals surface area contributed by atoms with Gasteiger partial charge in [-0.25, -0.2) is 19.5 Å². The molecule has 1 N–H and O–H groups in total. The number of aryl methyl sites for hydroxylation is 3. The van der Waals surface area contributed by atoms with E-state index in [-0.39, 0.29) is 0 Å². The van der Waals surface area contributed by atoms with Crippen LogP contribution in [-0.4, -0.2) is 31.8 Å². The summed E-state index contributed by atoms with van der Waals surface area (Å²) < 4.78 is 15.7. The third-order valence-corrected chi connectivity index (χ3v) is 7.30. The van der Waals surface area contributed by atoms with Crippen molar-refractivity contribution in [1.82, 2.24) is 24.7 Å². The van der Waals surface area contributed by atoms with Crippen molar-refractivity contribution in [1.29, 1.82) is 0 Å². The number of benzene rings is 3. The van der Waals surface area contributed by atoms with Gasteiger partial charge >= 0.3 is 0 Å². The fraction of sp³-hybridized carbons (Fsp3) is 0.125. The standard InChI is InChI=1S/C32H26N6O2/c1-19-29(20(2)40-36-19)25-15-27-24(16-28(25)39-4)30-31(26-17-37(18-33-26)22-11-7-5-8-12-22)34-21(3)35-32(30)38(27)23-13-9-6-10-14-23/h5-18H,1-4H3/p+1. The number of ether oxygens (including phenoxy) is 1. The maximum Gasteiger partial charge on any atom is 0.247 e. The molecule has 0 unspecified atom stereocenters. The Bertz CT molecular complexity index is 2000. The molecule has 0 spiro atoms. The zero-order chi connectivity index (χ0) is 27.4. The number of aromatic nitrogens is 6. The van der Waals surface area contributed by atoms with Crippen LogP contribution < -0.4 is 9.30 Å². The van der Waals surface area contributed by atoms with Crippen LogP contribution in [0.25, 0.3) is 55.8 Å². The van der Waals surface area contributed by atoms with Gasteiger partial charge in [-0.05, 0) is 57.2 Å². The summed E-state index contributed by atoms with van der Waals surface area (Å²) in [5.41, 5.74) is 8.24. The van der Waals surface area contributed by atoms with Crippen LogP contribution in [0.2, 0.25) is 0 Å². The molecule has 40 heavy (non-hydrogen) atoms. The lowest BCUT2D eigenvalue weighted by Crippen LogP contribution is -2.26. The zero-order valence-corrected chi connectivity index (χ0v) is 22.6. The van der Waals surface area contributed by atoms with Crippen LogP contribution in [0.4, 0.5) is 0 Å². The van der Waals surface area contributed by atoms with Crippen molar-refractivity contribution in [3.63, 3.8) is 0 Å². The van der Waals surface area contributed by atoms with E-state index in [2.05, 4.69) is 61.9 Å². The van der Waals surface area contributed by atoms with Crippen molar-refractivity contribution >= 4 is 21.9 Å². The Labute approximate surface area is 230 Å². The highest BCUT2D eigenvalue weighted by Crippen LogP contribution is 2.43. The summed E-state index contributed by atoms with van der Waals surface area (Å²) >= 11 is 0. The van der Waals surface area contributed by atoms with Gasteiger partial charge in [-0.3, -0.25) is 4.57 Å². The van der Waals surface area contributed by atoms with Crippen molar-refractivity contribution in [3.05, 3.63) is 103 Å². The lowest BCUT2D eigenvalue weighted by atomic mass is 10.0. The lowest BCUT2D eigenvalue weighted by Gasteiger charge is -2.11. The first-order valence-corrected chi connectivity index (χ1v) is 13.1. The molecule has 0 aliphatic heterocycles. The molecule has 7 aromatic rings. The molecular weight excluding hydrogens is 500 g/mol. The molecule has 196 valence electrons. The van der Waals surface area contributed by atoms with E-state index < -0.39 is 0 Å². The Morgan fingerprint density at radius 3 is 2.38 bits per heavy atom. The number of H-pyrrole nitrogens is 1. The summed E-state index contributed by atoms with van der Waals surface area (Å²) in [4.78, 5) is 13.4. The van der Waals surface area contributed by atoms with E-state index in [4.69, 9.17) is 19.2 Å². The van der Waals surface area contributed by atoms with E-state index in [9.17, 15) is 0 Å². The molecule has 0 amide bonds. The highest BCUT2D eigenvalue weighted by molar-refractivity contribution is 6.14. The summed E-state index contributed by atoms with van der Waals surface area (Å²) in [6.45, 7) is 5.80. The van der Waals surface area contributed by atoms with Gasteiger partial charge in [0.2, 0.25) is 6.33 Å². The molecule has 7 rings (SSSR count). The fourth-order valence-electron chi connectivity index (χ4n) is 5.53. The molecule has 8 heteroatoms. The maximum atomic E-state index is 5.95. The molecule has 0 radical (unpaired) electrons. The molecule has 0 saturated heterocycles. The van der Waals surface area contributed by atoms with Crippen molar-refractivity contribution in [2.45, 2.75) is 20.8 Å². The Balaban J connectivity index is 1.58. The summed E-state index contributed by atoms with van der Waals surface area (Å²) in [5, 5.41) is 6.13. The van der Waals surface area contributed by atoms with E-state index in [1.54, 1.807) is 7.11 Å². The van der Waals surface area contributed by atoms with Gasteiger partial charge in [-0.15, -0.1) is 0 Å².